The molecule has 1 N–H and O–H groups in total. The summed E-state index contributed by atoms with van der Waals surface area (Å²) in [5, 5.41) is 8.21. The molecule has 1 unspecified atom stereocenters. The van der Waals surface area contributed by atoms with Crippen molar-refractivity contribution in [2.45, 2.75) is 13.0 Å². The predicted octanol–water partition coefficient (Wildman–Crippen LogP) is 0.0111. The summed E-state index contributed by atoms with van der Waals surface area (Å²) in [6.45, 7) is 1.91. The summed E-state index contributed by atoms with van der Waals surface area (Å²) in [6, 6.07) is 0. The van der Waals surface area contributed by atoms with Crippen LogP contribution < -0.4 is 0 Å². The molecule has 0 bridgehead atoms. The third kappa shape index (κ3) is 6.63. The zero-order valence-corrected chi connectivity index (χ0v) is 6.20. The molecule has 0 aliphatic carbocycles. The maximum atomic E-state index is 8.21. The number of ether oxygens (including phenoxy) is 1. The Morgan fingerprint density at radius 3 is 2.14 bits per heavy atom. The summed E-state index contributed by atoms with van der Waals surface area (Å²) in [7, 11) is 1.57. The Morgan fingerprint density at radius 1 is 1.71 bits per heavy atom. The third-order valence-electron chi connectivity index (χ3n) is 0.659. The fourth-order valence-electron chi connectivity index (χ4n) is 0.0745. The second-order valence-electron chi connectivity index (χ2n) is 1.23. The maximum Gasteiger partial charge on any atom is 0.0773 e. The summed E-state index contributed by atoms with van der Waals surface area (Å²) in [5.74, 6) is 0. The molecule has 7 heavy (non-hydrogen) atoms. The zero-order valence-electron chi connectivity index (χ0n) is 4.64. The summed E-state index contributed by atoms with van der Waals surface area (Å²) in [4.78, 5) is 0. The fraction of sp³-hybridized carbons (Fsp3) is 1.00. The van der Waals surface area contributed by atoms with E-state index in [-0.39, 0.29) is 34.4 Å². The van der Waals surface area contributed by atoms with Gasteiger partial charge in [-0.2, -0.15) is 0 Å². The minimum atomic E-state index is -0.00926. The average Bonchev–Trinajstić information content (AvgIpc) is 1.65. The number of aliphatic hydroxyl groups excluding tert-OH is 1. The number of hydrogen-bond acceptors (Lipinski definition) is 2. The summed E-state index contributed by atoms with van der Waals surface area (Å²) < 4.78 is 4.65. The van der Waals surface area contributed by atoms with E-state index in [2.05, 4.69) is 4.74 Å². The van der Waals surface area contributed by atoms with Crippen molar-refractivity contribution in [1.82, 2.24) is 0 Å². The van der Waals surface area contributed by atoms with Crippen LogP contribution >= 0.6 is 0 Å². The SMILES string of the molecule is COC(C)CO.[Ti]. The van der Waals surface area contributed by atoms with Crippen molar-refractivity contribution in [3.8, 4) is 0 Å². The predicted molar refractivity (Wildman–Crippen MR) is 23.6 cm³/mol. The van der Waals surface area contributed by atoms with E-state index < -0.39 is 0 Å². The topological polar surface area (TPSA) is 29.5 Å². The van der Waals surface area contributed by atoms with Gasteiger partial charge in [0.15, 0.2) is 0 Å². The van der Waals surface area contributed by atoms with Gasteiger partial charge in [-0.3, -0.25) is 0 Å². The van der Waals surface area contributed by atoms with Gasteiger partial charge in [-0.25, -0.2) is 0 Å². The molecule has 0 aromatic rings. The minimum absolute atomic E-state index is 0. The number of aliphatic hydroxyl groups is 1. The molecule has 0 rings (SSSR count). The molecule has 42 valence electrons. The van der Waals surface area contributed by atoms with Crippen molar-refractivity contribution in [2.75, 3.05) is 13.7 Å². The van der Waals surface area contributed by atoms with Gasteiger partial charge in [0, 0.05) is 28.8 Å². The van der Waals surface area contributed by atoms with Gasteiger partial charge in [0.2, 0.25) is 0 Å². The van der Waals surface area contributed by atoms with Crippen molar-refractivity contribution in [3.63, 3.8) is 0 Å². The smallest absolute Gasteiger partial charge is 0.0773 e. The first kappa shape index (κ1) is 10.6. The first-order chi connectivity index (χ1) is 2.81. The number of hydrogen-bond donors (Lipinski definition) is 1. The molecule has 0 amide bonds. The Kier molecular flexibility index (Phi) is 10.0. The Hall–Kier alpha value is 0.634. The van der Waals surface area contributed by atoms with Crippen molar-refractivity contribution in [3.05, 3.63) is 0 Å². The van der Waals surface area contributed by atoms with E-state index in [4.69, 9.17) is 5.11 Å². The molecule has 0 spiro atoms. The van der Waals surface area contributed by atoms with Gasteiger partial charge in [0.05, 0.1) is 12.7 Å². The van der Waals surface area contributed by atoms with Gasteiger partial charge in [-0.1, -0.05) is 0 Å². The van der Waals surface area contributed by atoms with Gasteiger partial charge < -0.3 is 9.84 Å². The molecule has 2 nitrogen and oxygen atoms in total. The van der Waals surface area contributed by atoms with Crippen molar-refractivity contribution in [1.29, 1.82) is 0 Å². The molecule has 0 aliphatic rings. The van der Waals surface area contributed by atoms with Crippen LogP contribution in [0.4, 0.5) is 0 Å². The second kappa shape index (κ2) is 6.63. The van der Waals surface area contributed by atoms with E-state index in [1.165, 1.54) is 0 Å². The molecule has 0 saturated carbocycles. The van der Waals surface area contributed by atoms with E-state index in [0.29, 0.717) is 0 Å². The molecule has 3 heteroatoms. The van der Waals surface area contributed by atoms with Crippen molar-refractivity contribution in [2.24, 2.45) is 0 Å². The first-order valence-corrected chi connectivity index (χ1v) is 1.95. The monoisotopic (exact) mass is 138 g/mol. The normalized spacial score (nSPS) is 12.4. The molecule has 0 aromatic carbocycles. The van der Waals surface area contributed by atoms with Gasteiger partial charge in [0.1, 0.15) is 0 Å². The molecule has 0 aliphatic heterocycles. The van der Waals surface area contributed by atoms with Crippen LogP contribution in [0.15, 0.2) is 0 Å². The van der Waals surface area contributed by atoms with Crippen LogP contribution in [-0.2, 0) is 26.5 Å². The summed E-state index contributed by atoms with van der Waals surface area (Å²) in [5.41, 5.74) is 0. The third-order valence-corrected chi connectivity index (χ3v) is 0.659. The summed E-state index contributed by atoms with van der Waals surface area (Å²) in [6.07, 6.45) is -0.00926. The zero-order chi connectivity index (χ0) is 4.99. The summed E-state index contributed by atoms with van der Waals surface area (Å²) >= 11 is 0. The van der Waals surface area contributed by atoms with Gasteiger partial charge in [0.25, 0.3) is 0 Å². The van der Waals surface area contributed by atoms with E-state index in [1.807, 2.05) is 0 Å². The Morgan fingerprint density at radius 2 is 2.14 bits per heavy atom. The molecule has 0 aromatic heterocycles. The molecule has 0 fully saturated rings. The van der Waals surface area contributed by atoms with Crippen LogP contribution in [0.25, 0.3) is 0 Å². The van der Waals surface area contributed by atoms with Crippen LogP contribution in [0, 0.1) is 0 Å². The van der Waals surface area contributed by atoms with Gasteiger partial charge in [-0.05, 0) is 6.92 Å². The van der Waals surface area contributed by atoms with E-state index in [9.17, 15) is 0 Å². The van der Waals surface area contributed by atoms with Crippen LogP contribution in [0.1, 0.15) is 6.92 Å². The Labute approximate surface area is 58.7 Å². The molecule has 0 heterocycles. The largest absolute Gasteiger partial charge is 0.394 e. The van der Waals surface area contributed by atoms with Crippen LogP contribution in [-0.4, -0.2) is 24.9 Å². The van der Waals surface area contributed by atoms with Crippen molar-refractivity contribution >= 4 is 0 Å². The molecular weight excluding hydrogens is 128 g/mol. The Balaban J connectivity index is 0. The molecule has 0 saturated heterocycles. The number of rotatable bonds is 2. The van der Waals surface area contributed by atoms with Gasteiger partial charge >= 0.3 is 0 Å². The molecule has 1 atom stereocenters. The Bertz CT molecular complexity index is 28.9. The fourth-order valence-corrected chi connectivity index (χ4v) is 0.0745. The average molecular weight is 138 g/mol. The van der Waals surface area contributed by atoms with Crippen LogP contribution in [0.2, 0.25) is 0 Å². The van der Waals surface area contributed by atoms with Gasteiger partial charge in [-0.15, -0.1) is 0 Å². The standard InChI is InChI=1S/C4H10O2.Ti/c1-4(3-5)6-2;/h4-5H,3H2,1-2H3;. The van der Waals surface area contributed by atoms with E-state index >= 15 is 0 Å². The molecular formula is C4H10O2Ti. The minimum Gasteiger partial charge on any atom is -0.394 e. The van der Waals surface area contributed by atoms with Crippen molar-refractivity contribution < 1.29 is 31.6 Å². The second-order valence-corrected chi connectivity index (χ2v) is 1.23. The van der Waals surface area contributed by atoms with E-state index in [0.717, 1.165) is 0 Å². The van der Waals surface area contributed by atoms with Crippen LogP contribution in [0.3, 0.4) is 0 Å². The quantitative estimate of drug-likeness (QED) is 0.544. The van der Waals surface area contributed by atoms with Crippen LogP contribution in [0.5, 0.6) is 0 Å². The number of methoxy groups -OCH3 is 1. The maximum absolute atomic E-state index is 8.21. The molecule has 0 radical (unpaired) electrons. The van der Waals surface area contributed by atoms with E-state index in [1.54, 1.807) is 14.0 Å². The first-order valence-electron chi connectivity index (χ1n) is 1.95.